The molecule has 0 radical (unpaired) electrons. The monoisotopic (exact) mass is 497 g/mol. The smallest absolute Gasteiger partial charge is 0.0590 e. The molecule has 0 fully saturated rings. The summed E-state index contributed by atoms with van der Waals surface area (Å²) in [5.41, 5.74) is 5.90. The number of rotatable bonds is 9. The normalized spacial score (nSPS) is 10.8. The molecule has 0 aliphatic carbocycles. The average molecular weight is 497 g/mol. The largest absolute Gasteiger partial charge is 0.0656 e. The van der Waals surface area contributed by atoms with E-state index in [-0.39, 0.29) is 0 Å². The van der Waals surface area contributed by atoms with Crippen LogP contribution in [0.5, 0.6) is 11.5 Å². The van der Waals surface area contributed by atoms with Gasteiger partial charge in [-0.25, -0.2) is 0 Å². The van der Waals surface area contributed by atoms with Crippen molar-refractivity contribution in [1.82, 2.24) is 5.64 Å². The minimum atomic E-state index is 0.383. The van der Waals surface area contributed by atoms with E-state index in [9.17, 15) is 0 Å². The fourth-order valence-corrected chi connectivity index (χ4v) is 3.43. The summed E-state index contributed by atoms with van der Waals surface area (Å²) in [6.45, 7) is 12.3. The van der Waals surface area contributed by atoms with Crippen molar-refractivity contribution in [3.63, 3.8) is 0 Å². The molecule has 5 rings (SSSR count). The molecule has 0 saturated heterocycles. The van der Waals surface area contributed by atoms with Gasteiger partial charge in [-0.05, 0) is 0 Å². The Bertz CT molecular complexity index is 1430. The van der Waals surface area contributed by atoms with E-state index in [4.69, 9.17) is 27.3 Å². The topological polar surface area (TPSA) is 83.1 Å². The van der Waals surface area contributed by atoms with Crippen LogP contribution in [0.4, 0.5) is 0 Å². The fourth-order valence-electron chi connectivity index (χ4n) is 3.43. The first-order valence-corrected chi connectivity index (χ1v) is 11.9. The van der Waals surface area contributed by atoms with Gasteiger partial charge in [-0.2, -0.15) is 0 Å². The van der Waals surface area contributed by atoms with Gasteiger partial charge in [0.05, 0.1) is 0 Å². The van der Waals surface area contributed by atoms with Gasteiger partial charge < -0.3 is 0 Å². The maximum atomic E-state index is 5.77. The molecule has 0 amide bonds. The quantitative estimate of drug-likeness (QED) is 0.188. The van der Waals surface area contributed by atoms with Gasteiger partial charge in [0, 0.05) is 0 Å². The number of hydrogen-bond donors (Lipinski definition) is 1. The third-order valence-electron chi connectivity index (χ3n) is 5.17. The third-order valence-corrected chi connectivity index (χ3v) is 5.17. The Labute approximate surface area is 216 Å². The van der Waals surface area contributed by atoms with E-state index in [1.54, 1.807) is 36.8 Å². The van der Waals surface area contributed by atoms with Crippen LogP contribution in [0.1, 0.15) is 48.9 Å². The molecule has 37 heavy (non-hydrogen) atoms. The predicted octanol–water partition coefficient (Wildman–Crippen LogP) is 6.32. The SMILES string of the molecule is C=C(c1ccco1)c1occc1ONOc1ccoc1C(=Bc1ccccc1C)c1ccco1.CCC. The van der Waals surface area contributed by atoms with Gasteiger partial charge >= 0.3 is 196 Å². The van der Waals surface area contributed by atoms with Crippen molar-refractivity contribution >= 4 is 23.4 Å². The first-order chi connectivity index (χ1) is 18.1. The summed E-state index contributed by atoms with van der Waals surface area (Å²) in [5, 5.41) is 0. The maximum Gasteiger partial charge on any atom is -0.0590 e. The van der Waals surface area contributed by atoms with Crippen molar-refractivity contribution in [2.75, 3.05) is 0 Å². The van der Waals surface area contributed by atoms with Crippen LogP contribution in [0.15, 0.2) is 110 Å². The second-order valence-corrected chi connectivity index (χ2v) is 8.07. The average Bonchev–Trinajstić information content (AvgIpc) is 3.72. The molecule has 0 aliphatic heterocycles. The molecule has 8 heteroatoms. The molecule has 0 aliphatic rings. The molecular weight excluding hydrogens is 469 g/mol. The zero-order valence-electron chi connectivity index (χ0n) is 21.0. The van der Waals surface area contributed by atoms with Crippen LogP contribution < -0.4 is 20.8 Å². The van der Waals surface area contributed by atoms with Gasteiger partial charge in [-0.15, -0.1) is 0 Å². The Morgan fingerprint density at radius 1 is 0.757 bits per heavy atom. The molecule has 5 aromatic rings. The van der Waals surface area contributed by atoms with Crippen LogP contribution in [-0.2, 0) is 0 Å². The first-order valence-electron chi connectivity index (χ1n) is 11.9. The van der Waals surface area contributed by atoms with E-state index in [1.807, 2.05) is 50.2 Å². The Hall–Kier alpha value is -4.43. The van der Waals surface area contributed by atoms with Gasteiger partial charge in [-0.1, -0.05) is 20.3 Å². The van der Waals surface area contributed by atoms with Crippen LogP contribution in [-0.4, -0.2) is 12.4 Å². The number of benzene rings is 1. The number of furan rings is 4. The molecular formula is C29H28BNO6. The van der Waals surface area contributed by atoms with E-state index < -0.39 is 0 Å². The summed E-state index contributed by atoms with van der Waals surface area (Å²) >= 11 is 0. The molecule has 4 aromatic heterocycles. The van der Waals surface area contributed by atoms with Crippen LogP contribution in [0.25, 0.3) is 5.57 Å². The molecule has 188 valence electrons. The van der Waals surface area contributed by atoms with Gasteiger partial charge in [0.25, 0.3) is 0 Å². The summed E-state index contributed by atoms with van der Waals surface area (Å²) in [5.74, 6) is 2.88. The zero-order chi connectivity index (χ0) is 26.0. The number of nitrogens with one attached hydrogen (secondary N) is 1. The Balaban J connectivity index is 0.00000102. The standard InChI is InChI=1S/C26H20BNO6.C3H8/c1-17-7-3-4-8-19(17)27-24(21-10-6-14-30-21)26-23(12-16-32-26)34-28-33-22-11-15-31-25(22)18(2)20-9-5-13-29-20;1-3-2/h3-16,28H,2H2,1H3;3H2,1-2H3. The van der Waals surface area contributed by atoms with Crippen molar-refractivity contribution in [2.24, 2.45) is 0 Å². The Morgan fingerprint density at radius 2 is 1.35 bits per heavy atom. The number of aryl methyl sites for hydroxylation is 1. The molecule has 1 N–H and O–H groups in total. The second kappa shape index (κ2) is 12.5. The zero-order valence-corrected chi connectivity index (χ0v) is 21.0. The van der Waals surface area contributed by atoms with Crippen LogP contribution in [0.3, 0.4) is 0 Å². The predicted molar refractivity (Wildman–Crippen MR) is 143 cm³/mol. The second-order valence-electron chi connectivity index (χ2n) is 8.07. The Morgan fingerprint density at radius 3 is 1.97 bits per heavy atom. The van der Waals surface area contributed by atoms with Crippen molar-refractivity contribution in [3.8, 4) is 11.5 Å². The van der Waals surface area contributed by atoms with Crippen molar-refractivity contribution < 1.29 is 27.3 Å². The van der Waals surface area contributed by atoms with Gasteiger partial charge in [0.1, 0.15) is 0 Å². The Kier molecular flexibility index (Phi) is 8.68. The first kappa shape index (κ1) is 25.7. The van der Waals surface area contributed by atoms with Crippen LogP contribution in [0, 0.1) is 6.92 Å². The summed E-state index contributed by atoms with van der Waals surface area (Å²) < 4.78 is 22.3. The molecule has 0 spiro atoms. The summed E-state index contributed by atoms with van der Waals surface area (Å²) in [6.07, 6.45) is 7.44. The third kappa shape index (κ3) is 6.23. The molecule has 0 unspecified atom stereocenters. The number of hydrogen-bond acceptors (Lipinski definition) is 7. The van der Waals surface area contributed by atoms with Crippen LogP contribution >= 0.6 is 0 Å². The minimum Gasteiger partial charge on any atom is -0.0656 e. The minimum absolute atomic E-state index is 0.383. The molecule has 7 nitrogen and oxygen atoms in total. The van der Waals surface area contributed by atoms with E-state index in [0.717, 1.165) is 16.5 Å². The van der Waals surface area contributed by atoms with Crippen molar-refractivity contribution in [2.45, 2.75) is 27.2 Å². The van der Waals surface area contributed by atoms with Crippen molar-refractivity contribution in [1.29, 1.82) is 0 Å². The summed E-state index contributed by atoms with van der Waals surface area (Å²) in [7, 11) is 0. The van der Waals surface area contributed by atoms with Gasteiger partial charge in [-0.3, -0.25) is 0 Å². The van der Waals surface area contributed by atoms with E-state index in [0.29, 0.717) is 40.1 Å². The molecule has 1 aromatic carbocycles. The maximum absolute atomic E-state index is 5.77. The molecule has 4 heterocycles. The molecule has 0 atom stereocenters. The van der Waals surface area contributed by atoms with Gasteiger partial charge in [0.2, 0.25) is 0 Å². The summed E-state index contributed by atoms with van der Waals surface area (Å²) in [6, 6.07) is 18.6. The van der Waals surface area contributed by atoms with Crippen molar-refractivity contribution in [3.05, 3.63) is 121 Å². The summed E-state index contributed by atoms with van der Waals surface area (Å²) in [4.78, 5) is 11.3. The molecule has 0 saturated carbocycles. The van der Waals surface area contributed by atoms with Crippen LogP contribution in [0.2, 0.25) is 0 Å². The fraction of sp³-hybridized carbons (Fsp3) is 0.138. The van der Waals surface area contributed by atoms with Gasteiger partial charge in [0.15, 0.2) is 0 Å². The van der Waals surface area contributed by atoms with E-state index in [2.05, 4.69) is 26.1 Å². The van der Waals surface area contributed by atoms with E-state index in [1.165, 1.54) is 18.9 Å². The molecule has 0 bridgehead atoms. The van der Waals surface area contributed by atoms with E-state index >= 15 is 0 Å².